The summed E-state index contributed by atoms with van der Waals surface area (Å²) in [4.78, 5) is 33.6. The minimum atomic E-state index is -0.509. The molecule has 1 saturated heterocycles. The van der Waals surface area contributed by atoms with Gasteiger partial charge < -0.3 is 15.4 Å². The smallest absolute Gasteiger partial charge is 0.254 e. The zero-order valence-electron chi connectivity index (χ0n) is 17.4. The summed E-state index contributed by atoms with van der Waals surface area (Å²) in [6.07, 6.45) is 4.29. The molecule has 1 saturated carbocycles. The number of ether oxygens (including phenoxy) is 1. The number of hydrogen-bond donors (Lipinski definition) is 3. The number of aliphatic imine (C=N–C) groups is 1. The number of carbonyl (C=O) groups is 2. The number of allylic oxidation sites excluding steroid dienone is 1. The Morgan fingerprint density at radius 3 is 2.77 bits per heavy atom. The number of rotatable bonds is 5. The van der Waals surface area contributed by atoms with Gasteiger partial charge in [0.15, 0.2) is 12.1 Å². The van der Waals surface area contributed by atoms with Crippen LogP contribution in [0.4, 0.5) is 10.2 Å². The predicted molar refractivity (Wildman–Crippen MR) is 114 cm³/mol. The van der Waals surface area contributed by atoms with Crippen molar-refractivity contribution in [3.63, 3.8) is 0 Å². The van der Waals surface area contributed by atoms with Gasteiger partial charge in [0.1, 0.15) is 18.1 Å². The first-order valence-corrected chi connectivity index (χ1v) is 10.6. The van der Waals surface area contributed by atoms with Crippen LogP contribution < -0.4 is 20.9 Å². The van der Waals surface area contributed by atoms with Gasteiger partial charge in [-0.15, -0.1) is 0 Å². The van der Waals surface area contributed by atoms with Gasteiger partial charge in [0.25, 0.3) is 5.91 Å². The largest absolute Gasteiger partial charge is 0.370 e. The Bertz CT molecular complexity index is 897. The van der Waals surface area contributed by atoms with Crippen LogP contribution in [-0.4, -0.2) is 61.1 Å². The second-order valence-corrected chi connectivity index (χ2v) is 7.94. The van der Waals surface area contributed by atoms with Crippen molar-refractivity contribution in [3.05, 3.63) is 29.7 Å². The Morgan fingerprint density at radius 1 is 1.26 bits per heavy atom. The molecule has 0 bridgehead atoms. The first kappa shape index (κ1) is 21.4. The summed E-state index contributed by atoms with van der Waals surface area (Å²) in [5.74, 6) is -0.215. The molecule has 2 fully saturated rings. The van der Waals surface area contributed by atoms with E-state index < -0.39 is 12.1 Å². The van der Waals surface area contributed by atoms with E-state index in [4.69, 9.17) is 4.74 Å². The molecule has 0 aromatic carbocycles. The average Bonchev–Trinajstić information content (AvgIpc) is 2.76. The molecule has 1 aliphatic carbocycles. The van der Waals surface area contributed by atoms with Gasteiger partial charge >= 0.3 is 0 Å². The van der Waals surface area contributed by atoms with Crippen molar-refractivity contribution < 1.29 is 18.7 Å². The van der Waals surface area contributed by atoms with E-state index in [0.29, 0.717) is 24.7 Å². The van der Waals surface area contributed by atoms with Gasteiger partial charge in [0.05, 0.1) is 25.1 Å². The number of nitrogens with one attached hydrogen (secondary N) is 3. The lowest BCUT2D eigenvalue weighted by Gasteiger charge is -2.33. The molecule has 10 heteroatoms. The van der Waals surface area contributed by atoms with E-state index in [9.17, 15) is 14.0 Å². The summed E-state index contributed by atoms with van der Waals surface area (Å²) in [6.45, 7) is 2.41. The average molecular weight is 430 g/mol. The molecule has 1 aromatic heterocycles. The highest BCUT2D eigenvalue weighted by molar-refractivity contribution is 5.94. The fraction of sp³-hybridized carbons (Fsp3) is 0.524. The number of morpholine rings is 1. The van der Waals surface area contributed by atoms with Gasteiger partial charge in [0.2, 0.25) is 5.91 Å². The van der Waals surface area contributed by atoms with Crippen LogP contribution in [0.25, 0.3) is 5.70 Å². The first-order chi connectivity index (χ1) is 15.0. The lowest BCUT2D eigenvalue weighted by Crippen LogP contribution is -2.49. The summed E-state index contributed by atoms with van der Waals surface area (Å²) in [7, 11) is 0. The van der Waals surface area contributed by atoms with Crippen LogP contribution in [0.3, 0.4) is 0 Å². The van der Waals surface area contributed by atoms with Gasteiger partial charge in [-0.25, -0.2) is 9.37 Å². The third-order valence-electron chi connectivity index (χ3n) is 5.64. The van der Waals surface area contributed by atoms with Crippen molar-refractivity contribution in [2.75, 3.05) is 24.7 Å². The highest BCUT2D eigenvalue weighted by Crippen LogP contribution is 2.23. The summed E-state index contributed by atoms with van der Waals surface area (Å²) in [5.41, 5.74) is 0.642. The minimum absolute atomic E-state index is 0.00581. The van der Waals surface area contributed by atoms with Crippen molar-refractivity contribution in [1.29, 1.82) is 0 Å². The molecular formula is C21H27FN6O3. The van der Waals surface area contributed by atoms with E-state index in [2.05, 4.69) is 25.9 Å². The Kier molecular flexibility index (Phi) is 6.57. The summed E-state index contributed by atoms with van der Waals surface area (Å²) >= 11 is 0. The molecule has 166 valence electrons. The molecule has 1 aromatic rings. The second kappa shape index (κ2) is 9.52. The van der Waals surface area contributed by atoms with Crippen molar-refractivity contribution in [1.82, 2.24) is 20.9 Å². The molecule has 3 heterocycles. The quantitative estimate of drug-likeness (QED) is 0.645. The van der Waals surface area contributed by atoms with Crippen molar-refractivity contribution in [3.8, 4) is 0 Å². The van der Waals surface area contributed by atoms with Crippen molar-refractivity contribution >= 4 is 29.5 Å². The number of halogens is 1. The maximum absolute atomic E-state index is 14.6. The maximum Gasteiger partial charge on any atom is 0.254 e. The molecule has 1 atom stereocenters. The molecule has 1 unspecified atom stereocenters. The SMILES string of the molecule is CC(=O)NC1CCC(NC2N=CC(F)=C(c3cccc(N4CCOCC4=O)n3)N2)CC1. The summed E-state index contributed by atoms with van der Waals surface area (Å²) < 4.78 is 19.7. The number of aromatic nitrogens is 1. The molecule has 2 aliphatic heterocycles. The zero-order chi connectivity index (χ0) is 21.8. The van der Waals surface area contributed by atoms with E-state index in [1.54, 1.807) is 23.1 Å². The topological polar surface area (TPSA) is 108 Å². The van der Waals surface area contributed by atoms with Crippen LogP contribution in [0.2, 0.25) is 0 Å². The fourth-order valence-corrected chi connectivity index (χ4v) is 4.12. The van der Waals surface area contributed by atoms with Gasteiger partial charge in [-0.2, -0.15) is 0 Å². The van der Waals surface area contributed by atoms with Crippen LogP contribution >= 0.6 is 0 Å². The van der Waals surface area contributed by atoms with E-state index in [1.807, 2.05) is 0 Å². The van der Waals surface area contributed by atoms with Gasteiger partial charge in [-0.1, -0.05) is 6.07 Å². The van der Waals surface area contributed by atoms with Crippen LogP contribution in [0.15, 0.2) is 29.0 Å². The molecule has 2 amide bonds. The molecule has 3 N–H and O–H groups in total. The maximum atomic E-state index is 14.6. The van der Waals surface area contributed by atoms with Crippen LogP contribution in [0.1, 0.15) is 38.3 Å². The van der Waals surface area contributed by atoms with E-state index in [1.165, 1.54) is 13.1 Å². The monoisotopic (exact) mass is 430 g/mol. The number of pyridine rings is 1. The molecule has 0 radical (unpaired) electrons. The van der Waals surface area contributed by atoms with Gasteiger partial charge in [-0.3, -0.25) is 24.8 Å². The number of hydrogen-bond acceptors (Lipinski definition) is 7. The second-order valence-electron chi connectivity index (χ2n) is 7.94. The lowest BCUT2D eigenvalue weighted by atomic mass is 9.91. The van der Waals surface area contributed by atoms with E-state index in [-0.39, 0.29) is 36.2 Å². The van der Waals surface area contributed by atoms with Gasteiger partial charge in [0, 0.05) is 19.0 Å². The molecule has 3 aliphatic rings. The fourth-order valence-electron chi connectivity index (χ4n) is 4.12. The molecular weight excluding hydrogens is 403 g/mol. The third-order valence-corrected chi connectivity index (χ3v) is 5.64. The number of amides is 2. The summed E-state index contributed by atoms with van der Waals surface area (Å²) in [6, 6.07) is 5.60. The summed E-state index contributed by atoms with van der Waals surface area (Å²) in [5, 5.41) is 9.46. The number of anilines is 1. The molecule has 31 heavy (non-hydrogen) atoms. The van der Waals surface area contributed by atoms with Gasteiger partial charge in [-0.05, 0) is 37.8 Å². The Hall–Kier alpha value is -2.85. The highest BCUT2D eigenvalue weighted by atomic mass is 19.1. The zero-order valence-corrected chi connectivity index (χ0v) is 17.4. The Balaban J connectivity index is 1.40. The third kappa shape index (κ3) is 5.26. The predicted octanol–water partition coefficient (Wildman–Crippen LogP) is 1.08. The van der Waals surface area contributed by atoms with Crippen molar-refractivity contribution in [2.24, 2.45) is 4.99 Å². The standard InChI is InChI=1S/C21H27FN6O3/c1-13(29)24-14-5-7-15(8-6-14)25-21-23-11-16(22)20(27-21)17-3-2-4-18(26-17)28-9-10-31-12-19(28)30/h2-4,11,14-15,21,25,27H,5-10,12H2,1H3,(H,24,29). The highest BCUT2D eigenvalue weighted by Gasteiger charge is 2.27. The molecule has 0 spiro atoms. The normalized spacial score (nSPS) is 26.6. The van der Waals surface area contributed by atoms with Crippen LogP contribution in [0, 0.1) is 0 Å². The molecule has 4 rings (SSSR count). The Morgan fingerprint density at radius 2 is 2.03 bits per heavy atom. The minimum Gasteiger partial charge on any atom is -0.370 e. The Labute approximate surface area is 180 Å². The molecule has 9 nitrogen and oxygen atoms in total. The van der Waals surface area contributed by atoms with E-state index in [0.717, 1.165) is 25.7 Å². The number of carbonyl (C=O) groups excluding carboxylic acids is 2. The van der Waals surface area contributed by atoms with E-state index >= 15 is 0 Å². The number of nitrogens with zero attached hydrogens (tertiary/aromatic N) is 3. The first-order valence-electron chi connectivity index (χ1n) is 10.6. The lowest BCUT2D eigenvalue weighted by molar-refractivity contribution is -0.125. The van der Waals surface area contributed by atoms with Crippen LogP contribution in [-0.2, 0) is 14.3 Å². The van der Waals surface area contributed by atoms with Crippen LogP contribution in [0.5, 0.6) is 0 Å². The van der Waals surface area contributed by atoms with Crippen molar-refractivity contribution in [2.45, 2.75) is 51.0 Å².